The summed E-state index contributed by atoms with van der Waals surface area (Å²) < 4.78 is 2.34. The maximum atomic E-state index is 5.50. The average Bonchev–Trinajstić information content (AvgIpc) is 3.65. The fourth-order valence-corrected chi connectivity index (χ4v) is 9.91. The van der Waals surface area contributed by atoms with Gasteiger partial charge in [0.1, 0.15) is 11.5 Å². The number of imidazole rings is 1. The number of hydrogen-bond donors (Lipinski definition) is 0. The molecule has 0 radical (unpaired) electrons. The van der Waals surface area contributed by atoms with Gasteiger partial charge in [-0.1, -0.05) is 141 Å². The Morgan fingerprint density at radius 2 is 1.55 bits per heavy atom. The van der Waals surface area contributed by atoms with Gasteiger partial charge in [-0.05, 0) is 130 Å². The van der Waals surface area contributed by atoms with Gasteiger partial charge in [0.05, 0.1) is 17.1 Å². The molecule has 270 valence electrons. The molecule has 55 heavy (non-hydrogen) atoms. The molecule has 3 nitrogen and oxygen atoms in total. The van der Waals surface area contributed by atoms with E-state index < -0.39 is 0 Å². The van der Waals surface area contributed by atoms with E-state index in [1.807, 2.05) is 12.2 Å². The molecule has 4 aromatic rings. The van der Waals surface area contributed by atoms with Crippen LogP contribution < -0.4 is 10.4 Å². The van der Waals surface area contributed by atoms with Gasteiger partial charge in [0.2, 0.25) is 0 Å². The van der Waals surface area contributed by atoms with Gasteiger partial charge in [-0.3, -0.25) is 4.40 Å². The van der Waals surface area contributed by atoms with Crippen molar-refractivity contribution < 1.29 is 0 Å². The Kier molecular flexibility index (Phi) is 8.66. The predicted molar refractivity (Wildman–Crippen MR) is 233 cm³/mol. The number of fused-ring (bicyclic) bond motifs is 6. The Morgan fingerprint density at radius 3 is 2.29 bits per heavy atom. The first-order valence-electron chi connectivity index (χ1n) is 20.4. The second-order valence-corrected chi connectivity index (χ2v) is 15.7. The van der Waals surface area contributed by atoms with Gasteiger partial charge in [-0.15, -0.1) is 0 Å². The Morgan fingerprint density at radius 1 is 0.764 bits per heavy atom. The number of benzene rings is 2. The van der Waals surface area contributed by atoms with Crippen LogP contribution in [-0.4, -0.2) is 14.4 Å². The minimum Gasteiger partial charge on any atom is -0.276 e. The van der Waals surface area contributed by atoms with Crippen molar-refractivity contribution in [3.8, 4) is 0 Å². The van der Waals surface area contributed by atoms with E-state index in [4.69, 9.17) is 9.97 Å². The first kappa shape index (κ1) is 33.7. The molecule has 0 saturated carbocycles. The van der Waals surface area contributed by atoms with Crippen LogP contribution in [0.5, 0.6) is 0 Å². The topological polar surface area (TPSA) is 30.2 Å². The van der Waals surface area contributed by atoms with Crippen LogP contribution in [0.3, 0.4) is 0 Å². The first-order valence-corrected chi connectivity index (χ1v) is 20.4. The van der Waals surface area contributed by atoms with Crippen molar-refractivity contribution in [2.24, 2.45) is 5.92 Å². The molecule has 2 heterocycles. The van der Waals surface area contributed by atoms with Gasteiger partial charge in [0.15, 0.2) is 0 Å². The third-order valence-corrected chi connectivity index (χ3v) is 12.5. The van der Waals surface area contributed by atoms with E-state index in [0.29, 0.717) is 5.92 Å². The average molecular weight is 714 g/mol. The molecule has 2 unspecified atom stereocenters. The van der Waals surface area contributed by atoms with Crippen molar-refractivity contribution in [1.82, 2.24) is 14.4 Å². The van der Waals surface area contributed by atoms with Gasteiger partial charge in [0, 0.05) is 11.5 Å². The summed E-state index contributed by atoms with van der Waals surface area (Å²) in [7, 11) is 0. The highest BCUT2D eigenvalue weighted by Gasteiger charge is 2.29. The summed E-state index contributed by atoms with van der Waals surface area (Å²) in [5.74, 6) is 1.83. The summed E-state index contributed by atoms with van der Waals surface area (Å²) in [4.78, 5) is 11.0. The molecule has 2 aromatic carbocycles. The molecule has 0 saturated heterocycles. The van der Waals surface area contributed by atoms with Crippen molar-refractivity contribution in [2.45, 2.75) is 70.1 Å². The molecular formula is C52H47N3. The minimum atomic E-state index is 0.175. The van der Waals surface area contributed by atoms with Gasteiger partial charge in [-0.2, -0.15) is 0 Å². The largest absolute Gasteiger partial charge is 0.276 e. The van der Waals surface area contributed by atoms with Crippen molar-refractivity contribution in [3.63, 3.8) is 0 Å². The third kappa shape index (κ3) is 5.71. The maximum Gasteiger partial charge on any atom is 0.148 e. The zero-order valence-corrected chi connectivity index (χ0v) is 31.6. The van der Waals surface area contributed by atoms with Gasteiger partial charge in [0.25, 0.3) is 0 Å². The maximum absolute atomic E-state index is 5.50. The molecule has 2 aromatic heterocycles. The number of aromatic nitrogens is 3. The number of allylic oxidation sites excluding steroid dienone is 19. The van der Waals surface area contributed by atoms with Crippen LogP contribution in [0, 0.1) is 5.92 Å². The van der Waals surface area contributed by atoms with Gasteiger partial charge >= 0.3 is 0 Å². The summed E-state index contributed by atoms with van der Waals surface area (Å²) in [6.07, 6.45) is 48.8. The monoisotopic (exact) mass is 713 g/mol. The van der Waals surface area contributed by atoms with Gasteiger partial charge in [-0.25, -0.2) is 9.97 Å². The van der Waals surface area contributed by atoms with Crippen LogP contribution >= 0.6 is 0 Å². The van der Waals surface area contributed by atoms with Crippen molar-refractivity contribution in [3.05, 3.63) is 178 Å². The molecule has 0 N–H and O–H groups in total. The van der Waals surface area contributed by atoms with Crippen LogP contribution in [0.25, 0.3) is 56.9 Å². The highest BCUT2D eigenvalue weighted by atomic mass is 15.1. The summed E-state index contributed by atoms with van der Waals surface area (Å²) in [6, 6.07) is 9.19. The minimum absolute atomic E-state index is 0.175. The van der Waals surface area contributed by atoms with E-state index in [1.165, 1.54) is 67.5 Å². The quantitative estimate of drug-likeness (QED) is 0.179. The second kappa shape index (κ2) is 14.1. The molecule has 0 bridgehead atoms. The van der Waals surface area contributed by atoms with Crippen LogP contribution in [0.2, 0.25) is 0 Å². The predicted octanol–water partition coefficient (Wildman–Crippen LogP) is 11.5. The van der Waals surface area contributed by atoms with E-state index in [-0.39, 0.29) is 5.92 Å². The smallest absolute Gasteiger partial charge is 0.148 e. The molecule has 0 amide bonds. The Balaban J connectivity index is 1.16. The highest BCUT2D eigenvalue weighted by molar-refractivity contribution is 6.02. The summed E-state index contributed by atoms with van der Waals surface area (Å²) in [5.41, 5.74) is 14.9. The van der Waals surface area contributed by atoms with Crippen LogP contribution in [0.1, 0.15) is 103 Å². The fraction of sp³-hybridized carbons (Fsp3) is 0.231. The molecule has 0 spiro atoms. The SMILES string of the molecule is C=C/C=C(\C=C)c1c(C2C=CC=CC2)nc2c3c(nc(C4=CC=C(c5c6c(c(C7=CC8=CC=CCC8CC7)c7ccccc57)=CCCC=6)CC4)n12)CCC=C3. The van der Waals surface area contributed by atoms with E-state index in [1.54, 1.807) is 0 Å². The molecule has 6 aliphatic rings. The van der Waals surface area contributed by atoms with E-state index in [2.05, 4.69) is 133 Å². The molecule has 3 heteroatoms. The number of aryl methyl sites for hydroxylation is 1. The molecule has 0 fully saturated rings. The third-order valence-electron chi connectivity index (χ3n) is 12.5. The van der Waals surface area contributed by atoms with Crippen LogP contribution in [0.15, 0.2) is 128 Å². The lowest BCUT2D eigenvalue weighted by atomic mass is 9.77. The molecule has 2 atom stereocenters. The van der Waals surface area contributed by atoms with Crippen molar-refractivity contribution in [2.75, 3.05) is 0 Å². The van der Waals surface area contributed by atoms with Crippen molar-refractivity contribution in [1.29, 1.82) is 0 Å². The van der Waals surface area contributed by atoms with E-state index >= 15 is 0 Å². The summed E-state index contributed by atoms with van der Waals surface area (Å²) >= 11 is 0. The standard InChI is InChI=1S/C52H47N3/c1-3-16-34(4-2)50-49(37-18-6-5-7-19-37)54-52-45-25-14-15-26-46(45)53-51(55(50)52)38-30-28-36(29-31-38)47-41-21-10-12-23-43(41)48(44-24-13-11-22-42(44)47)40-32-27-35-17-8-9-20-39(35)33-40/h3-10,12,14,16,18,20-25,28,30,33,35,37H,1-2,11,13,15,17,19,26-27,29,31-32H2/b34-16+. The summed E-state index contributed by atoms with van der Waals surface area (Å²) in [6.45, 7) is 8.32. The number of hydrogen-bond acceptors (Lipinski definition) is 2. The molecule has 0 aliphatic heterocycles. The zero-order valence-electron chi connectivity index (χ0n) is 31.6. The fourth-order valence-electron chi connectivity index (χ4n) is 9.91. The lowest BCUT2D eigenvalue weighted by Gasteiger charge is -2.28. The molecular weight excluding hydrogens is 667 g/mol. The zero-order chi connectivity index (χ0) is 36.9. The first-order chi connectivity index (χ1) is 27.2. The Hall–Kier alpha value is -5.80. The lowest BCUT2D eigenvalue weighted by Crippen LogP contribution is -2.34. The molecule has 6 aliphatic carbocycles. The summed E-state index contributed by atoms with van der Waals surface area (Å²) in [5, 5.41) is 5.61. The van der Waals surface area contributed by atoms with E-state index in [9.17, 15) is 0 Å². The molecule has 10 rings (SSSR count). The van der Waals surface area contributed by atoms with Gasteiger partial charge < -0.3 is 0 Å². The Bertz CT molecular complexity index is 2740. The van der Waals surface area contributed by atoms with Crippen LogP contribution in [0.4, 0.5) is 0 Å². The lowest BCUT2D eigenvalue weighted by molar-refractivity contribution is 0.572. The van der Waals surface area contributed by atoms with Crippen LogP contribution in [-0.2, 0) is 6.42 Å². The van der Waals surface area contributed by atoms with Crippen molar-refractivity contribution >= 4 is 56.9 Å². The number of nitrogens with zero attached hydrogens (tertiary/aromatic N) is 3. The normalized spacial score (nSPS) is 21.4. The second-order valence-electron chi connectivity index (χ2n) is 15.7. The number of rotatable bonds is 7. The van der Waals surface area contributed by atoms with E-state index in [0.717, 1.165) is 91.1 Å². The highest BCUT2D eigenvalue weighted by Crippen LogP contribution is 2.42. The Labute approximate surface area is 324 Å².